The fraction of sp³-hybridized carbons (Fsp3) is 0.419. The monoisotopic (exact) mass is 623 g/mol. The normalized spacial score (nSPS) is 27.1. The van der Waals surface area contributed by atoms with E-state index >= 15 is 0 Å². The van der Waals surface area contributed by atoms with Gasteiger partial charge in [-0.25, -0.2) is 0 Å². The first-order valence-corrected chi connectivity index (χ1v) is 14.6. The number of ether oxygens (including phenoxy) is 1. The number of anilines is 2. The summed E-state index contributed by atoms with van der Waals surface area (Å²) in [5.41, 5.74) is 1.04. The van der Waals surface area contributed by atoms with Crippen molar-refractivity contribution in [2.75, 3.05) is 16.8 Å². The average molecular weight is 624 g/mol. The minimum atomic E-state index is -1.84. The van der Waals surface area contributed by atoms with Gasteiger partial charge in [0.2, 0.25) is 0 Å². The molecule has 7 atom stereocenters. The van der Waals surface area contributed by atoms with Gasteiger partial charge in [0.25, 0.3) is 11.8 Å². The zero-order chi connectivity index (χ0) is 32.3. The van der Waals surface area contributed by atoms with Crippen LogP contribution in [0.4, 0.5) is 11.4 Å². The van der Waals surface area contributed by atoms with Crippen molar-refractivity contribution in [2.45, 2.75) is 69.2 Å². The maximum Gasteiger partial charge on any atom is 0.264 e. The largest absolute Gasteiger partial charge is 0.396 e. The van der Waals surface area contributed by atoms with Crippen molar-refractivity contribution in [1.82, 2.24) is 15.0 Å². The molecular weight excluding hydrogens is 586 g/mol. The Balaban J connectivity index is 1.23. The number of para-hydroxylation sites is 1. The summed E-state index contributed by atoms with van der Waals surface area (Å²) in [4.78, 5) is 28.0. The second kappa shape index (κ2) is 13.5. The minimum absolute atomic E-state index is 0.00134. The van der Waals surface area contributed by atoms with Gasteiger partial charge in [-0.2, -0.15) is 0 Å². The molecule has 240 valence electrons. The van der Waals surface area contributed by atoms with Gasteiger partial charge < -0.3 is 45.6 Å². The lowest BCUT2D eigenvalue weighted by Crippen LogP contribution is -2.60. The Morgan fingerprint density at radius 3 is 2.56 bits per heavy atom. The quantitative estimate of drug-likeness (QED) is 0.136. The lowest BCUT2D eigenvalue weighted by atomic mass is 9.83. The van der Waals surface area contributed by atoms with Gasteiger partial charge in [0, 0.05) is 42.9 Å². The maximum absolute atomic E-state index is 13.8. The third kappa shape index (κ3) is 6.53. The van der Waals surface area contributed by atoms with Crippen molar-refractivity contribution in [3.63, 3.8) is 0 Å². The van der Waals surface area contributed by atoms with Crippen LogP contribution in [-0.2, 0) is 39.4 Å². The topological polar surface area (TPSA) is 211 Å². The molecule has 0 aliphatic carbocycles. The first-order valence-electron chi connectivity index (χ1n) is 14.6. The number of aryl methyl sites for hydroxylation is 1. The van der Waals surface area contributed by atoms with E-state index in [2.05, 4.69) is 15.6 Å². The summed E-state index contributed by atoms with van der Waals surface area (Å²) in [5, 5.41) is 70.7. The third-order valence-corrected chi connectivity index (χ3v) is 8.15. The van der Waals surface area contributed by atoms with Crippen LogP contribution in [-0.4, -0.2) is 94.8 Å². The summed E-state index contributed by atoms with van der Waals surface area (Å²) < 4.78 is 6.65. The number of aliphatic hydroxyl groups is 6. The SMILES string of the molecule is C[C@@H](/C=C/CCn1cc(CCO)nn1)[C@]1(O)C(=O)N(Cc2ccc(NC(=O)[C@H]3O[C@@H](O)[C@H](O)[C@@H](O)[C@@H]3O)cc2)c2ccccc21. The van der Waals surface area contributed by atoms with Gasteiger partial charge in [-0.05, 0) is 30.2 Å². The van der Waals surface area contributed by atoms with E-state index in [1.54, 1.807) is 66.3 Å². The van der Waals surface area contributed by atoms with E-state index in [1.807, 2.05) is 12.2 Å². The smallest absolute Gasteiger partial charge is 0.264 e. The van der Waals surface area contributed by atoms with Crippen LogP contribution in [0.25, 0.3) is 0 Å². The number of hydrogen-bond donors (Lipinski definition) is 7. The fourth-order valence-electron chi connectivity index (χ4n) is 5.55. The summed E-state index contributed by atoms with van der Waals surface area (Å²) in [6.07, 6.45) is -2.22. The minimum Gasteiger partial charge on any atom is -0.396 e. The molecule has 0 radical (unpaired) electrons. The predicted octanol–water partition coefficient (Wildman–Crippen LogP) is -0.432. The molecule has 5 rings (SSSR count). The first-order chi connectivity index (χ1) is 21.5. The summed E-state index contributed by atoms with van der Waals surface area (Å²) >= 11 is 0. The molecule has 3 aromatic rings. The van der Waals surface area contributed by atoms with Crippen LogP contribution >= 0.6 is 0 Å². The molecule has 0 bridgehead atoms. The zero-order valence-electron chi connectivity index (χ0n) is 24.5. The number of aromatic nitrogens is 3. The number of aliphatic hydroxyl groups excluding tert-OH is 5. The third-order valence-electron chi connectivity index (χ3n) is 8.15. The molecule has 0 spiro atoms. The molecule has 2 amide bonds. The number of nitrogens with one attached hydrogen (secondary N) is 1. The summed E-state index contributed by atoms with van der Waals surface area (Å²) in [7, 11) is 0. The van der Waals surface area contributed by atoms with E-state index in [1.165, 1.54) is 4.90 Å². The van der Waals surface area contributed by atoms with Gasteiger partial charge >= 0.3 is 0 Å². The fourth-order valence-corrected chi connectivity index (χ4v) is 5.55. The molecule has 2 aliphatic heterocycles. The van der Waals surface area contributed by atoms with E-state index in [0.717, 1.165) is 0 Å². The van der Waals surface area contributed by atoms with Crippen molar-refractivity contribution in [2.24, 2.45) is 5.92 Å². The van der Waals surface area contributed by atoms with E-state index in [4.69, 9.17) is 9.84 Å². The molecule has 1 saturated heterocycles. The number of rotatable bonds is 11. The van der Waals surface area contributed by atoms with E-state index in [9.17, 15) is 35.1 Å². The molecule has 45 heavy (non-hydrogen) atoms. The Labute approximate surface area is 258 Å². The Kier molecular flexibility index (Phi) is 9.74. The molecule has 2 aliphatic rings. The van der Waals surface area contributed by atoms with Crippen LogP contribution in [0.5, 0.6) is 0 Å². The zero-order valence-corrected chi connectivity index (χ0v) is 24.5. The van der Waals surface area contributed by atoms with Crippen LogP contribution in [0.2, 0.25) is 0 Å². The van der Waals surface area contributed by atoms with Crippen LogP contribution in [0, 0.1) is 5.92 Å². The second-order valence-corrected chi connectivity index (χ2v) is 11.2. The van der Waals surface area contributed by atoms with Crippen molar-refractivity contribution in [3.05, 3.63) is 83.7 Å². The highest BCUT2D eigenvalue weighted by atomic mass is 16.6. The van der Waals surface area contributed by atoms with Gasteiger partial charge in [-0.3, -0.25) is 14.3 Å². The second-order valence-electron chi connectivity index (χ2n) is 11.2. The highest BCUT2D eigenvalue weighted by Gasteiger charge is 2.52. The molecule has 0 saturated carbocycles. The van der Waals surface area contributed by atoms with Gasteiger partial charge in [0.05, 0.1) is 17.9 Å². The van der Waals surface area contributed by atoms with Crippen molar-refractivity contribution < 1.29 is 45.0 Å². The molecule has 14 nitrogen and oxygen atoms in total. The molecule has 7 N–H and O–H groups in total. The number of amides is 2. The van der Waals surface area contributed by atoms with Crippen molar-refractivity contribution >= 4 is 23.2 Å². The molecule has 1 fully saturated rings. The lowest BCUT2D eigenvalue weighted by molar-refractivity contribution is -0.274. The first kappa shape index (κ1) is 32.4. The number of fused-ring (bicyclic) bond motifs is 1. The average Bonchev–Trinajstić information content (AvgIpc) is 3.57. The number of allylic oxidation sites excluding steroid dienone is 1. The number of benzene rings is 2. The van der Waals surface area contributed by atoms with E-state index in [0.29, 0.717) is 47.6 Å². The van der Waals surface area contributed by atoms with Crippen molar-refractivity contribution in [3.8, 4) is 0 Å². The number of carbonyl (C=O) groups excluding carboxylic acids is 2. The highest BCUT2D eigenvalue weighted by molar-refractivity contribution is 6.07. The molecule has 3 heterocycles. The van der Waals surface area contributed by atoms with Crippen molar-refractivity contribution in [1.29, 1.82) is 0 Å². The molecule has 0 unspecified atom stereocenters. The van der Waals surface area contributed by atoms with Crippen LogP contribution in [0.15, 0.2) is 66.9 Å². The van der Waals surface area contributed by atoms with E-state index in [-0.39, 0.29) is 13.2 Å². The van der Waals surface area contributed by atoms with Gasteiger partial charge in [0.15, 0.2) is 18.0 Å². The standard InChI is InChI=1S/C31H37N5O9/c1-18(6-4-5-14-35-17-21(13-15-37)33-34-35)31(44)22-7-2-3-8-23(22)36(30(31)43)16-19-9-11-20(12-10-19)32-28(41)27-25(39)24(38)26(40)29(42)45-27/h2-4,6-12,17-18,24-27,29,37-40,42,44H,5,13-16H2,1H3,(H,32,41)/b6-4+/t18-,24-,25-,26+,27-,29+,31+/m0/s1. The van der Waals surface area contributed by atoms with Gasteiger partial charge in [0.1, 0.15) is 18.3 Å². The van der Waals surface area contributed by atoms with Crippen LogP contribution in [0.3, 0.4) is 0 Å². The Morgan fingerprint density at radius 1 is 1.09 bits per heavy atom. The summed E-state index contributed by atoms with van der Waals surface area (Å²) in [5.74, 6) is -1.85. The lowest BCUT2D eigenvalue weighted by Gasteiger charge is -2.37. The summed E-state index contributed by atoms with van der Waals surface area (Å²) in [6, 6.07) is 13.6. The van der Waals surface area contributed by atoms with Gasteiger partial charge in [-0.1, -0.05) is 54.6 Å². The van der Waals surface area contributed by atoms with E-state index < -0.39 is 54.0 Å². The molecular formula is C31H37N5O9. The number of nitrogens with zero attached hydrogens (tertiary/aromatic N) is 4. The maximum atomic E-state index is 13.8. The number of hydrogen-bond acceptors (Lipinski definition) is 11. The Hall–Kier alpha value is -4.02. The Bertz CT molecular complexity index is 1530. The molecule has 2 aromatic carbocycles. The molecule has 1 aromatic heterocycles. The van der Waals surface area contributed by atoms with Gasteiger partial charge in [-0.15, -0.1) is 5.10 Å². The van der Waals surface area contributed by atoms with Crippen LogP contribution in [0.1, 0.15) is 30.2 Å². The van der Waals surface area contributed by atoms with Crippen LogP contribution < -0.4 is 10.2 Å². The predicted molar refractivity (Wildman–Crippen MR) is 159 cm³/mol. The Morgan fingerprint density at radius 2 is 1.82 bits per heavy atom. The summed E-state index contributed by atoms with van der Waals surface area (Å²) in [6.45, 7) is 2.48. The number of carbonyl (C=O) groups is 2. The molecule has 14 heteroatoms. The highest BCUT2D eigenvalue weighted by Crippen LogP contribution is 2.45.